The molecule has 2 amide bonds. The van der Waals surface area contributed by atoms with E-state index in [-0.39, 0.29) is 16.9 Å². The predicted octanol–water partition coefficient (Wildman–Crippen LogP) is 3.41. The SMILES string of the molecule is O=C(NN1C(=O)c2ccccc2N[C@@H]1c1cccc([N+](=O)[O-])c1)c1ccc([N+](=O)[O-])cc1. The molecule has 0 bridgehead atoms. The van der Waals surface area contributed by atoms with E-state index in [1.165, 1.54) is 42.5 Å². The molecule has 32 heavy (non-hydrogen) atoms. The molecular weight excluding hydrogens is 418 g/mol. The molecule has 0 saturated carbocycles. The minimum Gasteiger partial charge on any atom is -0.359 e. The molecule has 1 aliphatic rings. The average molecular weight is 433 g/mol. The molecule has 3 aromatic rings. The maximum absolute atomic E-state index is 13.2. The van der Waals surface area contributed by atoms with Crippen LogP contribution in [0.5, 0.6) is 0 Å². The smallest absolute Gasteiger partial charge is 0.276 e. The van der Waals surface area contributed by atoms with Crippen molar-refractivity contribution in [3.8, 4) is 0 Å². The molecule has 0 unspecified atom stereocenters. The number of hydrogen-bond acceptors (Lipinski definition) is 7. The van der Waals surface area contributed by atoms with Crippen molar-refractivity contribution in [3.63, 3.8) is 0 Å². The van der Waals surface area contributed by atoms with Gasteiger partial charge in [0.05, 0.1) is 15.4 Å². The number of nitro groups is 2. The number of fused-ring (bicyclic) bond motifs is 1. The Hall–Kier alpha value is -4.80. The summed E-state index contributed by atoms with van der Waals surface area (Å²) in [6.07, 6.45) is -0.931. The van der Waals surface area contributed by atoms with Crippen LogP contribution in [0.4, 0.5) is 17.1 Å². The van der Waals surface area contributed by atoms with Gasteiger partial charge in [-0.1, -0.05) is 24.3 Å². The number of hydrazine groups is 1. The standard InChI is InChI=1S/C21H15N5O6/c27-20(13-8-10-15(11-9-13)25(29)30)23-24-19(14-4-3-5-16(12-14)26(31)32)22-18-7-2-1-6-17(18)21(24)28/h1-12,19,22H,(H,23,27)/t19-/m0/s1. The number of nitro benzene ring substituents is 2. The third-order valence-corrected chi connectivity index (χ3v) is 4.89. The molecule has 0 fully saturated rings. The Morgan fingerprint density at radius 2 is 1.59 bits per heavy atom. The highest BCUT2D eigenvalue weighted by molar-refractivity contribution is 6.04. The summed E-state index contributed by atoms with van der Waals surface area (Å²) in [5.74, 6) is -1.20. The van der Waals surface area contributed by atoms with E-state index in [4.69, 9.17) is 0 Å². The second-order valence-corrected chi connectivity index (χ2v) is 6.86. The zero-order valence-electron chi connectivity index (χ0n) is 16.3. The first-order chi connectivity index (χ1) is 15.3. The Kier molecular flexibility index (Phi) is 5.21. The molecule has 1 aliphatic heterocycles. The fourth-order valence-corrected chi connectivity index (χ4v) is 3.32. The van der Waals surface area contributed by atoms with Crippen molar-refractivity contribution in [2.24, 2.45) is 0 Å². The predicted molar refractivity (Wildman–Crippen MR) is 113 cm³/mol. The van der Waals surface area contributed by atoms with Gasteiger partial charge in [0.1, 0.15) is 6.17 Å². The van der Waals surface area contributed by atoms with Gasteiger partial charge in [0, 0.05) is 41.1 Å². The van der Waals surface area contributed by atoms with Gasteiger partial charge in [-0.05, 0) is 24.3 Å². The third kappa shape index (κ3) is 3.81. The summed E-state index contributed by atoms with van der Waals surface area (Å²) in [7, 11) is 0. The first-order valence-corrected chi connectivity index (χ1v) is 9.34. The van der Waals surface area contributed by atoms with E-state index in [0.717, 1.165) is 5.01 Å². The molecule has 11 heteroatoms. The molecular formula is C21H15N5O6. The monoisotopic (exact) mass is 433 g/mol. The van der Waals surface area contributed by atoms with Crippen molar-refractivity contribution in [1.82, 2.24) is 10.4 Å². The zero-order chi connectivity index (χ0) is 22.8. The number of carbonyl (C=O) groups is 2. The van der Waals surface area contributed by atoms with Crippen LogP contribution in [0.2, 0.25) is 0 Å². The summed E-state index contributed by atoms with van der Waals surface area (Å²) in [6.45, 7) is 0. The topological polar surface area (TPSA) is 148 Å². The van der Waals surface area contributed by atoms with Crippen molar-refractivity contribution >= 4 is 28.9 Å². The van der Waals surface area contributed by atoms with Gasteiger partial charge in [0.2, 0.25) is 0 Å². The second kappa shape index (κ2) is 8.14. The lowest BCUT2D eigenvalue weighted by Gasteiger charge is -2.37. The fourth-order valence-electron chi connectivity index (χ4n) is 3.32. The number of benzene rings is 3. The Morgan fingerprint density at radius 1 is 0.906 bits per heavy atom. The van der Waals surface area contributed by atoms with Crippen molar-refractivity contribution < 1.29 is 19.4 Å². The summed E-state index contributed by atoms with van der Waals surface area (Å²) in [4.78, 5) is 46.9. The quantitative estimate of drug-likeness (QED) is 0.463. The summed E-state index contributed by atoms with van der Waals surface area (Å²) in [5, 5.41) is 26.2. The van der Waals surface area contributed by atoms with Crippen LogP contribution in [-0.2, 0) is 0 Å². The van der Waals surface area contributed by atoms with Gasteiger partial charge < -0.3 is 5.32 Å². The number of rotatable bonds is 5. The summed E-state index contributed by atoms with van der Waals surface area (Å²) in [6, 6.07) is 17.3. The van der Waals surface area contributed by atoms with Crippen LogP contribution in [0.3, 0.4) is 0 Å². The Labute approximate surface area is 180 Å². The highest BCUT2D eigenvalue weighted by Gasteiger charge is 2.35. The highest BCUT2D eigenvalue weighted by atomic mass is 16.6. The lowest BCUT2D eigenvalue weighted by Crippen LogP contribution is -2.52. The van der Waals surface area contributed by atoms with E-state index in [1.807, 2.05) is 0 Å². The van der Waals surface area contributed by atoms with E-state index < -0.39 is 27.8 Å². The van der Waals surface area contributed by atoms with E-state index in [0.29, 0.717) is 16.8 Å². The zero-order valence-corrected chi connectivity index (χ0v) is 16.3. The van der Waals surface area contributed by atoms with E-state index in [2.05, 4.69) is 10.7 Å². The first-order valence-electron chi connectivity index (χ1n) is 9.34. The number of non-ortho nitro benzene ring substituents is 2. The van der Waals surface area contributed by atoms with Crippen LogP contribution < -0.4 is 10.7 Å². The molecule has 0 spiro atoms. The number of nitrogens with zero attached hydrogens (tertiary/aromatic N) is 3. The Morgan fingerprint density at radius 3 is 2.28 bits per heavy atom. The van der Waals surface area contributed by atoms with Gasteiger partial charge in [-0.25, -0.2) is 5.01 Å². The molecule has 0 radical (unpaired) electrons. The van der Waals surface area contributed by atoms with Gasteiger partial charge in [0.15, 0.2) is 0 Å². The normalized spacial score (nSPS) is 14.8. The summed E-state index contributed by atoms with van der Waals surface area (Å²) >= 11 is 0. The van der Waals surface area contributed by atoms with Gasteiger partial charge >= 0.3 is 0 Å². The van der Waals surface area contributed by atoms with Crippen molar-refractivity contribution in [2.75, 3.05) is 5.32 Å². The molecule has 1 atom stereocenters. The van der Waals surface area contributed by atoms with E-state index in [1.54, 1.807) is 30.3 Å². The minimum atomic E-state index is -0.931. The van der Waals surface area contributed by atoms with E-state index in [9.17, 15) is 29.8 Å². The second-order valence-electron chi connectivity index (χ2n) is 6.86. The molecule has 4 rings (SSSR count). The lowest BCUT2D eigenvalue weighted by atomic mass is 10.0. The minimum absolute atomic E-state index is 0.0973. The first kappa shape index (κ1) is 20.5. The largest absolute Gasteiger partial charge is 0.359 e. The summed E-state index contributed by atoms with van der Waals surface area (Å²) < 4.78 is 0. The number of amides is 2. The van der Waals surface area contributed by atoms with Gasteiger partial charge in [-0.15, -0.1) is 0 Å². The fraction of sp³-hybridized carbons (Fsp3) is 0.0476. The number of nitrogens with one attached hydrogen (secondary N) is 2. The van der Waals surface area contributed by atoms with E-state index >= 15 is 0 Å². The third-order valence-electron chi connectivity index (χ3n) is 4.89. The summed E-state index contributed by atoms with van der Waals surface area (Å²) in [5.41, 5.74) is 3.46. The van der Waals surface area contributed by atoms with Crippen LogP contribution in [0.15, 0.2) is 72.8 Å². The Balaban J connectivity index is 1.70. The van der Waals surface area contributed by atoms with Crippen LogP contribution in [-0.4, -0.2) is 26.7 Å². The molecule has 1 heterocycles. The van der Waals surface area contributed by atoms with Crippen LogP contribution in [0.25, 0.3) is 0 Å². The number of anilines is 1. The van der Waals surface area contributed by atoms with Crippen LogP contribution >= 0.6 is 0 Å². The number of hydrogen-bond donors (Lipinski definition) is 2. The van der Waals surface area contributed by atoms with Crippen molar-refractivity contribution in [3.05, 3.63) is 110 Å². The number of para-hydroxylation sites is 1. The number of carbonyl (C=O) groups excluding carboxylic acids is 2. The van der Waals surface area contributed by atoms with Crippen molar-refractivity contribution in [2.45, 2.75) is 6.17 Å². The lowest BCUT2D eigenvalue weighted by molar-refractivity contribution is -0.385. The molecule has 0 aliphatic carbocycles. The molecule has 160 valence electrons. The highest BCUT2D eigenvalue weighted by Crippen LogP contribution is 2.33. The van der Waals surface area contributed by atoms with Crippen LogP contribution in [0.1, 0.15) is 32.4 Å². The maximum Gasteiger partial charge on any atom is 0.276 e. The molecule has 0 saturated heterocycles. The van der Waals surface area contributed by atoms with Crippen LogP contribution in [0, 0.1) is 20.2 Å². The molecule has 0 aromatic heterocycles. The maximum atomic E-state index is 13.2. The van der Waals surface area contributed by atoms with Gasteiger partial charge in [-0.3, -0.25) is 35.2 Å². The molecule has 3 aromatic carbocycles. The van der Waals surface area contributed by atoms with Gasteiger partial charge in [0.25, 0.3) is 23.2 Å². The van der Waals surface area contributed by atoms with Gasteiger partial charge in [-0.2, -0.15) is 0 Å². The Bertz CT molecular complexity index is 1240. The molecule has 2 N–H and O–H groups in total. The average Bonchev–Trinajstić information content (AvgIpc) is 2.80. The molecule has 11 nitrogen and oxygen atoms in total. The van der Waals surface area contributed by atoms with Crippen molar-refractivity contribution in [1.29, 1.82) is 0 Å².